The second-order valence-electron chi connectivity index (χ2n) is 5.25. The van der Waals surface area contributed by atoms with Crippen LogP contribution in [0.1, 0.15) is 31.9 Å². The van der Waals surface area contributed by atoms with Crippen LogP contribution in [0.3, 0.4) is 0 Å². The highest BCUT2D eigenvalue weighted by Crippen LogP contribution is 2.36. The molecule has 0 radical (unpaired) electrons. The van der Waals surface area contributed by atoms with Gasteiger partial charge < -0.3 is 10.1 Å². The van der Waals surface area contributed by atoms with Gasteiger partial charge in [0.2, 0.25) is 5.95 Å². The Balaban J connectivity index is 2.11. The maximum Gasteiger partial charge on any atom is 0.338 e. The molecular formula is C16H17FN4O2. The molecule has 23 heavy (non-hydrogen) atoms. The Kier molecular flexibility index (Phi) is 4.10. The van der Waals surface area contributed by atoms with E-state index in [4.69, 9.17) is 4.74 Å². The summed E-state index contributed by atoms with van der Waals surface area (Å²) in [5.41, 5.74) is 1.27. The van der Waals surface area contributed by atoms with Crippen molar-refractivity contribution in [3.8, 4) is 0 Å². The Labute approximate surface area is 133 Å². The number of carbonyl (C=O) groups is 1. The van der Waals surface area contributed by atoms with E-state index < -0.39 is 17.8 Å². The lowest BCUT2D eigenvalue weighted by molar-refractivity contribution is -0.139. The van der Waals surface area contributed by atoms with Gasteiger partial charge in [0.25, 0.3) is 0 Å². The van der Waals surface area contributed by atoms with Gasteiger partial charge in [0.05, 0.1) is 12.2 Å². The lowest BCUT2D eigenvalue weighted by Gasteiger charge is -2.28. The maximum atomic E-state index is 14.3. The number of allylic oxidation sites excluding steroid dienone is 1. The van der Waals surface area contributed by atoms with E-state index in [1.165, 1.54) is 17.1 Å². The molecule has 0 fully saturated rings. The monoisotopic (exact) mass is 316 g/mol. The first-order chi connectivity index (χ1) is 11.1. The van der Waals surface area contributed by atoms with Crippen molar-refractivity contribution in [3.05, 3.63) is 53.2 Å². The van der Waals surface area contributed by atoms with Gasteiger partial charge in [-0.05, 0) is 19.4 Å². The van der Waals surface area contributed by atoms with Crippen LogP contribution in [0.4, 0.5) is 10.3 Å². The van der Waals surface area contributed by atoms with Crippen LogP contribution < -0.4 is 5.32 Å². The third kappa shape index (κ3) is 2.69. The maximum absolute atomic E-state index is 14.3. The van der Waals surface area contributed by atoms with E-state index in [1.807, 2.05) is 6.92 Å². The summed E-state index contributed by atoms with van der Waals surface area (Å²) in [6.45, 7) is 3.97. The fraction of sp³-hybridized carbons (Fsp3) is 0.312. The van der Waals surface area contributed by atoms with Gasteiger partial charge in [-0.25, -0.2) is 13.9 Å². The first-order valence-corrected chi connectivity index (χ1v) is 7.42. The van der Waals surface area contributed by atoms with Crippen LogP contribution in [0.2, 0.25) is 0 Å². The summed E-state index contributed by atoms with van der Waals surface area (Å²) < 4.78 is 21.1. The van der Waals surface area contributed by atoms with Gasteiger partial charge in [0.15, 0.2) is 0 Å². The quantitative estimate of drug-likeness (QED) is 0.878. The summed E-state index contributed by atoms with van der Waals surface area (Å²) in [4.78, 5) is 16.6. The molecule has 120 valence electrons. The SMILES string of the molecule is CCCOC(=O)C1=C(C)Nc2ncnn2[C@@H]1c1ccccc1F. The van der Waals surface area contributed by atoms with Crippen LogP contribution in [0.25, 0.3) is 0 Å². The molecule has 3 rings (SSSR count). The minimum atomic E-state index is -0.709. The number of rotatable bonds is 4. The van der Waals surface area contributed by atoms with Gasteiger partial charge in [-0.3, -0.25) is 0 Å². The fourth-order valence-corrected chi connectivity index (χ4v) is 2.61. The number of esters is 1. The van der Waals surface area contributed by atoms with Crippen molar-refractivity contribution >= 4 is 11.9 Å². The molecule has 0 amide bonds. The van der Waals surface area contributed by atoms with E-state index in [1.54, 1.807) is 25.1 Å². The molecule has 7 heteroatoms. The Morgan fingerprint density at radius 1 is 1.43 bits per heavy atom. The summed E-state index contributed by atoms with van der Waals surface area (Å²) in [6.07, 6.45) is 2.08. The molecule has 1 N–H and O–H groups in total. The summed E-state index contributed by atoms with van der Waals surface area (Å²) in [7, 11) is 0. The highest BCUT2D eigenvalue weighted by Gasteiger charge is 2.35. The summed E-state index contributed by atoms with van der Waals surface area (Å²) in [5, 5.41) is 7.15. The number of fused-ring (bicyclic) bond motifs is 1. The van der Waals surface area contributed by atoms with Crippen molar-refractivity contribution < 1.29 is 13.9 Å². The molecule has 0 spiro atoms. The second kappa shape index (κ2) is 6.20. The average molecular weight is 316 g/mol. The number of carbonyl (C=O) groups excluding carboxylic acids is 1. The number of anilines is 1. The number of benzene rings is 1. The zero-order valence-corrected chi connectivity index (χ0v) is 12.9. The predicted molar refractivity (Wildman–Crippen MR) is 82.1 cm³/mol. The molecular weight excluding hydrogens is 299 g/mol. The summed E-state index contributed by atoms with van der Waals surface area (Å²) in [5.74, 6) is -0.427. The van der Waals surface area contributed by atoms with Crippen molar-refractivity contribution in [3.63, 3.8) is 0 Å². The van der Waals surface area contributed by atoms with E-state index >= 15 is 0 Å². The van der Waals surface area contributed by atoms with E-state index in [2.05, 4.69) is 15.4 Å². The van der Waals surface area contributed by atoms with Crippen molar-refractivity contribution in [1.29, 1.82) is 0 Å². The van der Waals surface area contributed by atoms with E-state index in [0.29, 0.717) is 35.8 Å². The molecule has 0 saturated carbocycles. The fourth-order valence-electron chi connectivity index (χ4n) is 2.61. The van der Waals surface area contributed by atoms with E-state index in [9.17, 15) is 9.18 Å². The molecule has 0 aliphatic carbocycles. The number of hydrogen-bond acceptors (Lipinski definition) is 5. The smallest absolute Gasteiger partial charge is 0.338 e. The topological polar surface area (TPSA) is 69.0 Å². The Morgan fingerprint density at radius 2 is 2.22 bits per heavy atom. The van der Waals surface area contributed by atoms with Crippen molar-refractivity contribution in [1.82, 2.24) is 14.8 Å². The van der Waals surface area contributed by atoms with Gasteiger partial charge in [0.1, 0.15) is 18.2 Å². The zero-order valence-electron chi connectivity index (χ0n) is 12.9. The largest absolute Gasteiger partial charge is 0.462 e. The number of aromatic nitrogens is 3. The molecule has 1 atom stereocenters. The van der Waals surface area contributed by atoms with Crippen molar-refractivity contribution in [2.24, 2.45) is 0 Å². The third-order valence-electron chi connectivity index (χ3n) is 3.65. The first kappa shape index (κ1) is 15.2. The Hall–Kier alpha value is -2.70. The third-order valence-corrected chi connectivity index (χ3v) is 3.65. The number of nitrogens with one attached hydrogen (secondary N) is 1. The summed E-state index contributed by atoms with van der Waals surface area (Å²) >= 11 is 0. The summed E-state index contributed by atoms with van der Waals surface area (Å²) in [6, 6.07) is 5.62. The van der Waals surface area contributed by atoms with Gasteiger partial charge >= 0.3 is 5.97 Å². The van der Waals surface area contributed by atoms with Crippen LogP contribution in [0, 0.1) is 5.82 Å². The number of halogens is 1. The van der Waals surface area contributed by atoms with E-state index in [0.717, 1.165) is 0 Å². The molecule has 1 aliphatic heterocycles. The van der Waals surface area contributed by atoms with Crippen LogP contribution in [-0.4, -0.2) is 27.3 Å². The second-order valence-corrected chi connectivity index (χ2v) is 5.25. The molecule has 0 saturated heterocycles. The molecule has 6 nitrogen and oxygen atoms in total. The minimum absolute atomic E-state index is 0.309. The molecule has 1 aromatic heterocycles. The Morgan fingerprint density at radius 3 is 2.96 bits per heavy atom. The molecule has 1 aromatic carbocycles. The number of nitrogens with zero attached hydrogens (tertiary/aromatic N) is 3. The van der Waals surface area contributed by atoms with Crippen molar-refractivity contribution in [2.45, 2.75) is 26.3 Å². The molecule has 1 aliphatic rings. The normalized spacial score (nSPS) is 16.7. The molecule has 0 unspecified atom stereocenters. The van der Waals surface area contributed by atoms with E-state index in [-0.39, 0.29) is 0 Å². The Bertz CT molecular complexity index is 769. The number of hydrogen-bond donors (Lipinski definition) is 1. The lowest BCUT2D eigenvalue weighted by atomic mass is 9.95. The zero-order chi connectivity index (χ0) is 16.4. The molecule has 2 aromatic rings. The van der Waals surface area contributed by atoms with Crippen LogP contribution in [0.5, 0.6) is 0 Å². The standard InChI is InChI=1S/C16H17FN4O2/c1-3-8-23-15(22)13-10(2)20-16-18-9-19-21(16)14(13)11-6-4-5-7-12(11)17/h4-7,9,14H,3,8H2,1-2H3,(H,18,19,20)/t14-/m1/s1. The first-order valence-electron chi connectivity index (χ1n) is 7.42. The van der Waals surface area contributed by atoms with Crippen LogP contribution >= 0.6 is 0 Å². The molecule has 2 heterocycles. The predicted octanol–water partition coefficient (Wildman–Crippen LogP) is 2.66. The minimum Gasteiger partial charge on any atom is -0.462 e. The highest BCUT2D eigenvalue weighted by molar-refractivity contribution is 5.92. The highest BCUT2D eigenvalue weighted by atomic mass is 19.1. The van der Waals surface area contributed by atoms with Gasteiger partial charge in [0, 0.05) is 11.3 Å². The average Bonchev–Trinajstić information content (AvgIpc) is 3.00. The van der Waals surface area contributed by atoms with Crippen molar-refractivity contribution in [2.75, 3.05) is 11.9 Å². The van der Waals surface area contributed by atoms with Gasteiger partial charge in [-0.1, -0.05) is 25.1 Å². The lowest BCUT2D eigenvalue weighted by Crippen LogP contribution is -2.30. The van der Waals surface area contributed by atoms with Crippen LogP contribution in [-0.2, 0) is 9.53 Å². The van der Waals surface area contributed by atoms with Gasteiger partial charge in [-0.15, -0.1) is 0 Å². The van der Waals surface area contributed by atoms with Gasteiger partial charge in [-0.2, -0.15) is 10.1 Å². The van der Waals surface area contributed by atoms with Crippen LogP contribution in [0.15, 0.2) is 41.9 Å². The molecule has 0 bridgehead atoms. The number of ether oxygens (including phenoxy) is 1.